The molecule has 2 N–H and O–H groups in total. The summed E-state index contributed by atoms with van der Waals surface area (Å²) in [5, 5.41) is 9.82. The van der Waals surface area contributed by atoms with E-state index in [-0.39, 0.29) is 0 Å². The van der Waals surface area contributed by atoms with E-state index in [2.05, 4.69) is 22.2 Å². The molecular formula is C4H8N4. The zero-order chi connectivity index (χ0) is 6.41. The van der Waals surface area contributed by atoms with Crippen molar-refractivity contribution in [3.63, 3.8) is 0 Å². The number of rotatable bonds is 2. The highest BCUT2D eigenvalue weighted by Crippen LogP contribution is 1.65. The van der Waals surface area contributed by atoms with Crippen molar-refractivity contribution < 1.29 is 0 Å². The van der Waals surface area contributed by atoms with Crippen LogP contribution in [0.15, 0.2) is 10.1 Å². The highest BCUT2D eigenvalue weighted by atomic mass is 15.3. The standard InChI is InChI=1S/C4H8N4/c1-4(7-3-5)8-6-2/h3H,2H2,1H3,(H2,5,7,8). The fourth-order valence-electron chi connectivity index (χ4n) is 0.240. The molecule has 0 amide bonds. The smallest absolute Gasteiger partial charge is 0.120 e. The lowest BCUT2D eigenvalue weighted by atomic mass is 10.7. The minimum absolute atomic E-state index is 0.565. The summed E-state index contributed by atoms with van der Waals surface area (Å²) >= 11 is 0. The fourth-order valence-corrected chi connectivity index (χ4v) is 0.240. The normalized spacial score (nSPS) is 10.4. The summed E-state index contributed by atoms with van der Waals surface area (Å²) < 4.78 is 0. The monoisotopic (exact) mass is 112 g/mol. The summed E-state index contributed by atoms with van der Waals surface area (Å²) in [4.78, 5) is 3.53. The molecule has 0 bridgehead atoms. The third kappa shape index (κ3) is 3.02. The minimum atomic E-state index is 0.565. The molecule has 0 heterocycles. The van der Waals surface area contributed by atoms with Crippen LogP contribution < -0.4 is 5.43 Å². The predicted molar refractivity (Wildman–Crippen MR) is 34.6 cm³/mol. The summed E-state index contributed by atoms with van der Waals surface area (Å²) in [5.74, 6) is 0.565. The first-order valence-corrected chi connectivity index (χ1v) is 2.06. The van der Waals surface area contributed by atoms with Gasteiger partial charge in [-0.15, -0.1) is 0 Å². The van der Waals surface area contributed by atoms with Crippen LogP contribution in [0.4, 0.5) is 0 Å². The van der Waals surface area contributed by atoms with E-state index in [1.54, 1.807) is 6.92 Å². The van der Waals surface area contributed by atoms with Gasteiger partial charge in [-0.2, -0.15) is 5.10 Å². The Morgan fingerprint density at radius 2 is 2.50 bits per heavy atom. The molecule has 4 nitrogen and oxygen atoms in total. The van der Waals surface area contributed by atoms with Gasteiger partial charge < -0.3 is 0 Å². The topological polar surface area (TPSA) is 60.6 Å². The summed E-state index contributed by atoms with van der Waals surface area (Å²) in [5.41, 5.74) is 2.46. The quantitative estimate of drug-likeness (QED) is 0.299. The SMILES string of the molecule is C=NN/C(C)=N/C=N. The number of nitrogens with one attached hydrogen (secondary N) is 2. The predicted octanol–water partition coefficient (Wildman–Crippen LogP) is 0.217. The molecule has 0 unspecified atom stereocenters. The molecule has 0 aromatic rings. The Kier molecular flexibility index (Phi) is 3.39. The van der Waals surface area contributed by atoms with E-state index < -0.39 is 0 Å². The lowest BCUT2D eigenvalue weighted by molar-refractivity contribution is 1.03. The average molecular weight is 112 g/mol. The zero-order valence-corrected chi connectivity index (χ0v) is 4.68. The molecule has 8 heavy (non-hydrogen) atoms. The van der Waals surface area contributed by atoms with Crippen LogP contribution in [0.2, 0.25) is 0 Å². The summed E-state index contributed by atoms with van der Waals surface area (Å²) in [6, 6.07) is 0. The molecular weight excluding hydrogens is 104 g/mol. The van der Waals surface area contributed by atoms with E-state index in [4.69, 9.17) is 5.41 Å². The van der Waals surface area contributed by atoms with Crippen LogP contribution >= 0.6 is 0 Å². The number of amidine groups is 1. The Morgan fingerprint density at radius 1 is 1.88 bits per heavy atom. The van der Waals surface area contributed by atoms with E-state index in [0.29, 0.717) is 5.84 Å². The second kappa shape index (κ2) is 3.98. The van der Waals surface area contributed by atoms with E-state index >= 15 is 0 Å². The molecule has 0 rings (SSSR count). The average Bonchev–Trinajstić information content (AvgIpc) is 1.68. The zero-order valence-electron chi connectivity index (χ0n) is 4.68. The van der Waals surface area contributed by atoms with Crippen molar-refractivity contribution in [2.45, 2.75) is 6.92 Å². The van der Waals surface area contributed by atoms with Gasteiger partial charge in [0.15, 0.2) is 0 Å². The van der Waals surface area contributed by atoms with Crippen LogP contribution in [-0.4, -0.2) is 18.9 Å². The van der Waals surface area contributed by atoms with Crippen molar-refractivity contribution in [1.82, 2.24) is 5.43 Å². The third-order valence-electron chi connectivity index (χ3n) is 0.499. The van der Waals surface area contributed by atoms with Crippen LogP contribution in [0.5, 0.6) is 0 Å². The summed E-state index contributed by atoms with van der Waals surface area (Å²) in [6.45, 7) is 4.86. The molecule has 0 saturated heterocycles. The maximum absolute atomic E-state index is 6.50. The van der Waals surface area contributed by atoms with Gasteiger partial charge in [0.25, 0.3) is 0 Å². The number of nitrogens with zero attached hydrogens (tertiary/aromatic N) is 2. The largest absolute Gasteiger partial charge is 0.289 e. The maximum Gasteiger partial charge on any atom is 0.120 e. The molecule has 0 spiro atoms. The number of hydrogen-bond donors (Lipinski definition) is 2. The van der Waals surface area contributed by atoms with Crippen LogP contribution in [-0.2, 0) is 0 Å². The van der Waals surface area contributed by atoms with Gasteiger partial charge in [-0.05, 0) is 6.92 Å². The van der Waals surface area contributed by atoms with E-state index in [1.807, 2.05) is 0 Å². The van der Waals surface area contributed by atoms with Gasteiger partial charge in [0.2, 0.25) is 0 Å². The van der Waals surface area contributed by atoms with Gasteiger partial charge in [-0.25, -0.2) is 4.99 Å². The Labute approximate surface area is 47.8 Å². The molecule has 44 valence electrons. The summed E-state index contributed by atoms with van der Waals surface area (Å²) in [6.07, 6.45) is 0.938. The van der Waals surface area contributed by atoms with E-state index in [1.165, 1.54) is 0 Å². The molecule has 0 radical (unpaired) electrons. The lowest BCUT2D eigenvalue weighted by Gasteiger charge is -1.91. The molecule has 0 aliphatic carbocycles. The van der Waals surface area contributed by atoms with Crippen LogP contribution in [0.1, 0.15) is 6.92 Å². The molecule has 0 aromatic heterocycles. The van der Waals surface area contributed by atoms with Gasteiger partial charge in [-0.1, -0.05) is 0 Å². The Bertz CT molecular complexity index is 115. The lowest BCUT2D eigenvalue weighted by Crippen LogP contribution is -2.11. The number of aliphatic imine (C=N–C) groups is 1. The van der Waals surface area contributed by atoms with Gasteiger partial charge in [0, 0.05) is 6.72 Å². The Morgan fingerprint density at radius 3 is 2.88 bits per heavy atom. The van der Waals surface area contributed by atoms with Gasteiger partial charge in [0.05, 0.1) is 0 Å². The van der Waals surface area contributed by atoms with Crippen LogP contribution in [0.3, 0.4) is 0 Å². The van der Waals surface area contributed by atoms with Gasteiger partial charge >= 0.3 is 0 Å². The molecule has 0 aromatic carbocycles. The second-order valence-electron chi connectivity index (χ2n) is 1.11. The van der Waals surface area contributed by atoms with Crippen molar-refractivity contribution in [1.29, 1.82) is 5.41 Å². The molecule has 0 atom stereocenters. The highest BCUT2D eigenvalue weighted by molar-refractivity contribution is 5.85. The maximum atomic E-state index is 6.50. The summed E-state index contributed by atoms with van der Waals surface area (Å²) in [7, 11) is 0. The van der Waals surface area contributed by atoms with Crippen molar-refractivity contribution in [2.24, 2.45) is 10.1 Å². The van der Waals surface area contributed by atoms with E-state index in [0.717, 1.165) is 6.34 Å². The van der Waals surface area contributed by atoms with E-state index in [9.17, 15) is 0 Å². The molecule has 4 heteroatoms. The minimum Gasteiger partial charge on any atom is -0.289 e. The fraction of sp³-hybridized carbons (Fsp3) is 0.250. The Balaban J connectivity index is 3.60. The van der Waals surface area contributed by atoms with Crippen molar-refractivity contribution in [3.8, 4) is 0 Å². The van der Waals surface area contributed by atoms with Crippen molar-refractivity contribution in [2.75, 3.05) is 0 Å². The third-order valence-corrected chi connectivity index (χ3v) is 0.499. The highest BCUT2D eigenvalue weighted by Gasteiger charge is 1.77. The van der Waals surface area contributed by atoms with Gasteiger partial charge in [-0.3, -0.25) is 10.8 Å². The Hall–Kier alpha value is -1.19. The second-order valence-corrected chi connectivity index (χ2v) is 1.11. The van der Waals surface area contributed by atoms with Crippen LogP contribution in [0.25, 0.3) is 0 Å². The molecule has 0 saturated carbocycles. The van der Waals surface area contributed by atoms with Crippen molar-refractivity contribution >= 4 is 18.9 Å². The van der Waals surface area contributed by atoms with Crippen LogP contribution in [0, 0.1) is 5.41 Å². The first kappa shape index (κ1) is 6.81. The van der Waals surface area contributed by atoms with Gasteiger partial charge in [0.1, 0.15) is 12.2 Å². The molecule has 0 aliphatic rings. The molecule has 0 aliphatic heterocycles. The first-order valence-electron chi connectivity index (χ1n) is 2.06. The number of hydrogen-bond acceptors (Lipinski definition) is 2. The first-order chi connectivity index (χ1) is 3.81. The van der Waals surface area contributed by atoms with Crippen molar-refractivity contribution in [3.05, 3.63) is 0 Å². The molecule has 0 fully saturated rings. The number of hydrazone groups is 1.